The Bertz CT molecular complexity index is 857. The van der Waals surface area contributed by atoms with E-state index in [1.54, 1.807) is 27.8 Å². The first kappa shape index (κ1) is 17.3. The van der Waals surface area contributed by atoms with E-state index in [4.69, 9.17) is 14.6 Å². The van der Waals surface area contributed by atoms with Crippen LogP contribution in [0.4, 0.5) is 0 Å². The molecule has 0 bridgehead atoms. The lowest BCUT2D eigenvalue weighted by Crippen LogP contribution is -2.39. The van der Waals surface area contributed by atoms with Crippen LogP contribution in [0.15, 0.2) is 24.4 Å². The van der Waals surface area contributed by atoms with Gasteiger partial charge in [0, 0.05) is 25.1 Å². The number of carbonyl (C=O) groups is 2. The number of fused-ring (bicyclic) bond motifs is 1. The predicted octanol–water partition coefficient (Wildman–Crippen LogP) is 1.61. The molecule has 1 amide bonds. The summed E-state index contributed by atoms with van der Waals surface area (Å²) < 4.78 is 12.8. The van der Waals surface area contributed by atoms with E-state index in [-0.39, 0.29) is 17.6 Å². The van der Waals surface area contributed by atoms with E-state index >= 15 is 0 Å². The summed E-state index contributed by atoms with van der Waals surface area (Å²) in [5, 5.41) is 16.5. The topological polar surface area (TPSA) is 107 Å². The molecule has 0 radical (unpaired) electrons. The van der Waals surface area contributed by atoms with Gasteiger partial charge in [-0.2, -0.15) is 0 Å². The molecular weight excluding hydrogens is 352 g/mol. The average molecular weight is 372 g/mol. The van der Waals surface area contributed by atoms with Crippen LogP contribution in [0.5, 0.6) is 11.5 Å². The van der Waals surface area contributed by atoms with Gasteiger partial charge in [-0.3, -0.25) is 4.79 Å². The fourth-order valence-electron chi connectivity index (χ4n) is 3.37. The number of ether oxygens (including phenoxy) is 2. The van der Waals surface area contributed by atoms with Crippen LogP contribution in [0.1, 0.15) is 46.2 Å². The number of aromatic carboxylic acids is 1. The number of hydrogen-bond donors (Lipinski definition) is 1. The van der Waals surface area contributed by atoms with Crippen molar-refractivity contribution < 1.29 is 24.2 Å². The molecule has 0 spiro atoms. The Hall–Kier alpha value is -3.10. The number of carboxylic acid groups (broad SMARTS) is 1. The maximum absolute atomic E-state index is 12.8. The fraction of sp³-hybridized carbons (Fsp3) is 0.444. The predicted molar refractivity (Wildman–Crippen MR) is 93.2 cm³/mol. The molecule has 0 atom stereocenters. The van der Waals surface area contributed by atoms with Gasteiger partial charge >= 0.3 is 5.97 Å². The quantitative estimate of drug-likeness (QED) is 0.872. The van der Waals surface area contributed by atoms with Gasteiger partial charge in [-0.25, -0.2) is 9.48 Å². The Morgan fingerprint density at radius 2 is 1.85 bits per heavy atom. The normalized spacial score (nSPS) is 17.4. The number of rotatable bonds is 3. The van der Waals surface area contributed by atoms with Crippen LogP contribution in [-0.4, -0.2) is 63.2 Å². The van der Waals surface area contributed by atoms with Crippen LogP contribution in [0.25, 0.3) is 0 Å². The molecule has 4 rings (SSSR count). The molecule has 1 N–H and O–H groups in total. The summed E-state index contributed by atoms with van der Waals surface area (Å²) in [6.45, 7) is 2.33. The molecule has 1 aromatic carbocycles. The maximum Gasteiger partial charge on any atom is 0.358 e. The molecule has 1 aromatic heterocycles. The van der Waals surface area contributed by atoms with Crippen molar-refractivity contribution in [3.63, 3.8) is 0 Å². The largest absolute Gasteiger partial charge is 0.490 e. The van der Waals surface area contributed by atoms with E-state index in [0.717, 1.165) is 6.42 Å². The van der Waals surface area contributed by atoms with E-state index in [1.807, 2.05) is 0 Å². The summed E-state index contributed by atoms with van der Waals surface area (Å²) in [4.78, 5) is 25.6. The lowest BCUT2D eigenvalue weighted by Gasteiger charge is -2.32. The van der Waals surface area contributed by atoms with Gasteiger partial charge in [0.2, 0.25) is 0 Å². The minimum Gasteiger partial charge on any atom is -0.490 e. The van der Waals surface area contributed by atoms with E-state index in [0.29, 0.717) is 56.2 Å². The summed E-state index contributed by atoms with van der Waals surface area (Å²) >= 11 is 0. The minimum atomic E-state index is -1.09. The van der Waals surface area contributed by atoms with Gasteiger partial charge in [-0.15, -0.1) is 5.10 Å². The average Bonchev–Trinajstić information content (AvgIpc) is 3.07. The standard InChI is InChI=1S/C18H20N4O5/c23-17(12-2-3-15-16(10-12)27-9-1-8-26-15)21-6-4-13(5-7-21)22-11-14(18(24)25)19-20-22/h2-3,10-11,13H,1,4-9H2,(H,24,25). The fourth-order valence-corrected chi connectivity index (χ4v) is 3.37. The Morgan fingerprint density at radius 1 is 1.11 bits per heavy atom. The highest BCUT2D eigenvalue weighted by Gasteiger charge is 2.26. The molecule has 1 fully saturated rings. The number of hydrogen-bond acceptors (Lipinski definition) is 6. The highest BCUT2D eigenvalue weighted by molar-refractivity contribution is 5.95. The summed E-state index contributed by atoms with van der Waals surface area (Å²) in [6.07, 6.45) is 3.64. The van der Waals surface area contributed by atoms with Crippen LogP contribution in [0.2, 0.25) is 0 Å². The number of carbonyl (C=O) groups excluding carboxylic acids is 1. The molecule has 0 unspecified atom stereocenters. The second-order valence-corrected chi connectivity index (χ2v) is 6.62. The van der Waals surface area contributed by atoms with Crippen LogP contribution in [-0.2, 0) is 0 Å². The van der Waals surface area contributed by atoms with Crippen molar-refractivity contribution in [2.75, 3.05) is 26.3 Å². The first-order valence-electron chi connectivity index (χ1n) is 8.96. The van der Waals surface area contributed by atoms with E-state index in [1.165, 1.54) is 6.20 Å². The molecule has 0 aliphatic carbocycles. The van der Waals surface area contributed by atoms with Crippen LogP contribution in [0.3, 0.4) is 0 Å². The van der Waals surface area contributed by atoms with Gasteiger partial charge in [0.25, 0.3) is 5.91 Å². The van der Waals surface area contributed by atoms with Gasteiger partial charge in [-0.1, -0.05) is 5.21 Å². The van der Waals surface area contributed by atoms with Gasteiger partial charge in [0.15, 0.2) is 17.2 Å². The molecule has 9 heteroatoms. The highest BCUT2D eigenvalue weighted by atomic mass is 16.5. The molecule has 2 aromatic rings. The molecule has 3 heterocycles. The third-order valence-corrected chi connectivity index (χ3v) is 4.85. The number of amides is 1. The number of piperidine rings is 1. The first-order chi connectivity index (χ1) is 13.1. The van der Waals surface area contributed by atoms with Crippen molar-refractivity contribution in [3.05, 3.63) is 35.7 Å². The van der Waals surface area contributed by atoms with Gasteiger partial charge in [0.05, 0.1) is 25.5 Å². The maximum atomic E-state index is 12.8. The van der Waals surface area contributed by atoms with E-state index in [9.17, 15) is 9.59 Å². The monoisotopic (exact) mass is 372 g/mol. The van der Waals surface area contributed by atoms with Crippen LogP contribution in [0, 0.1) is 0 Å². The second-order valence-electron chi connectivity index (χ2n) is 6.62. The molecule has 27 heavy (non-hydrogen) atoms. The van der Waals surface area contributed by atoms with Gasteiger partial charge in [0.1, 0.15) is 0 Å². The van der Waals surface area contributed by atoms with Gasteiger partial charge in [-0.05, 0) is 31.0 Å². The van der Waals surface area contributed by atoms with Crippen molar-refractivity contribution in [1.29, 1.82) is 0 Å². The third-order valence-electron chi connectivity index (χ3n) is 4.85. The SMILES string of the molecule is O=C(O)c1cn(C2CCN(C(=O)c3ccc4c(c3)OCCCO4)CC2)nn1. The summed E-state index contributed by atoms with van der Waals surface area (Å²) in [5.41, 5.74) is 0.507. The van der Waals surface area contributed by atoms with Gasteiger partial charge < -0.3 is 19.5 Å². The second kappa shape index (κ2) is 7.26. The number of carboxylic acids is 1. The minimum absolute atomic E-state index is 0.0402. The van der Waals surface area contributed by atoms with Crippen molar-refractivity contribution in [3.8, 4) is 11.5 Å². The summed E-state index contributed by atoms with van der Waals surface area (Å²) in [7, 11) is 0. The smallest absolute Gasteiger partial charge is 0.358 e. The summed E-state index contributed by atoms with van der Waals surface area (Å²) in [5.74, 6) is 0.136. The van der Waals surface area contributed by atoms with Crippen molar-refractivity contribution in [2.24, 2.45) is 0 Å². The van der Waals surface area contributed by atoms with Crippen LogP contribution < -0.4 is 9.47 Å². The molecule has 0 saturated carbocycles. The molecular formula is C18H20N4O5. The molecule has 142 valence electrons. The van der Waals surface area contributed by atoms with Crippen molar-refractivity contribution in [1.82, 2.24) is 19.9 Å². The van der Waals surface area contributed by atoms with Crippen LogP contribution >= 0.6 is 0 Å². The molecule has 1 saturated heterocycles. The Labute approximate surface area is 155 Å². The molecule has 2 aliphatic heterocycles. The zero-order chi connectivity index (χ0) is 18.8. The zero-order valence-electron chi connectivity index (χ0n) is 14.7. The first-order valence-corrected chi connectivity index (χ1v) is 8.96. The molecule has 9 nitrogen and oxygen atoms in total. The number of nitrogens with zero attached hydrogens (tertiary/aromatic N) is 4. The van der Waals surface area contributed by atoms with E-state index in [2.05, 4.69) is 10.3 Å². The Morgan fingerprint density at radius 3 is 2.56 bits per heavy atom. The number of likely N-dealkylation sites (tertiary alicyclic amines) is 1. The van der Waals surface area contributed by atoms with E-state index < -0.39 is 5.97 Å². The number of aromatic nitrogens is 3. The lowest BCUT2D eigenvalue weighted by atomic mass is 10.0. The molecule has 2 aliphatic rings. The van der Waals surface area contributed by atoms with Crippen molar-refractivity contribution in [2.45, 2.75) is 25.3 Å². The third kappa shape index (κ3) is 3.57. The van der Waals surface area contributed by atoms with Crippen molar-refractivity contribution >= 4 is 11.9 Å². The zero-order valence-corrected chi connectivity index (χ0v) is 14.7. The summed E-state index contributed by atoms with van der Waals surface area (Å²) in [6, 6.07) is 5.33. The highest BCUT2D eigenvalue weighted by Crippen LogP contribution is 2.31. The number of benzene rings is 1. The Kier molecular flexibility index (Phi) is 4.66. The lowest BCUT2D eigenvalue weighted by molar-refractivity contribution is 0.0683. The Balaban J connectivity index is 1.41.